The van der Waals surface area contributed by atoms with E-state index >= 15 is 0 Å². The average Bonchev–Trinajstić information content (AvgIpc) is 3.04. The SMILES string of the molecule is O=C(O)CC(=O)OC[C@H]1O[C@@H](Oc2cc3c(O)cc(O[C@@H]4O[C@H](CO)[C@@H](O)[C@H](O)[C@H]4O)cc3[o+]c2-c2ccc(O)cc2)[C@H](O)[C@@H](O)[C@@H]1O. The van der Waals surface area contributed by atoms with E-state index in [0.29, 0.717) is 0 Å². The van der Waals surface area contributed by atoms with Gasteiger partial charge < -0.3 is 74.7 Å². The van der Waals surface area contributed by atoms with Crippen molar-refractivity contribution in [1.29, 1.82) is 0 Å². The van der Waals surface area contributed by atoms with Crippen LogP contribution >= 0.6 is 0 Å². The van der Waals surface area contributed by atoms with Crippen molar-refractivity contribution < 1.29 is 88.8 Å². The van der Waals surface area contributed by atoms with Gasteiger partial charge >= 0.3 is 23.3 Å². The highest BCUT2D eigenvalue weighted by Gasteiger charge is 2.47. The van der Waals surface area contributed by atoms with Gasteiger partial charge in [-0.2, -0.15) is 0 Å². The van der Waals surface area contributed by atoms with Gasteiger partial charge in [-0.15, -0.1) is 0 Å². The molecule has 10 N–H and O–H groups in total. The minimum absolute atomic E-state index is 0.00119. The summed E-state index contributed by atoms with van der Waals surface area (Å²) in [5.41, 5.74) is 0.239. The summed E-state index contributed by atoms with van der Waals surface area (Å²) in [6.07, 6.45) is -17.7. The van der Waals surface area contributed by atoms with E-state index in [1.165, 1.54) is 36.4 Å². The van der Waals surface area contributed by atoms with E-state index in [4.69, 9.17) is 33.2 Å². The summed E-state index contributed by atoms with van der Waals surface area (Å²) in [5, 5.41) is 101. The van der Waals surface area contributed by atoms with Crippen LogP contribution in [0.4, 0.5) is 0 Å². The standard InChI is InChI=1S/C30H32O18/c31-9-18-22(37)24(39)26(41)29(47-18)44-13-5-15(33)14-7-17(28(45-16(14)6-13)11-1-3-12(32)4-2-11)46-30-27(42)25(40)23(38)19(48-30)10-43-21(36)8-20(34)35/h1-7,18-19,22-27,29-31,37-42H,8-10H2,(H2-,32,33,34,35)/p+1/t18-,19-,22-,23-,24+,25+,26-,27-,29-,30-/m1/s1. The van der Waals surface area contributed by atoms with Crippen molar-refractivity contribution in [2.45, 2.75) is 67.8 Å². The van der Waals surface area contributed by atoms with Gasteiger partial charge in [0.25, 0.3) is 0 Å². The number of hydrogen-bond acceptors (Lipinski definition) is 16. The fraction of sp³-hybridized carbons (Fsp3) is 0.433. The molecule has 2 aliphatic rings. The summed E-state index contributed by atoms with van der Waals surface area (Å²) in [6, 6.07) is 9.15. The van der Waals surface area contributed by atoms with Crippen LogP contribution in [0.3, 0.4) is 0 Å². The van der Waals surface area contributed by atoms with Gasteiger partial charge in [-0.05, 0) is 24.3 Å². The van der Waals surface area contributed by atoms with Crippen LogP contribution in [0.5, 0.6) is 23.0 Å². The number of esters is 1. The summed E-state index contributed by atoms with van der Waals surface area (Å²) in [7, 11) is 0. The van der Waals surface area contributed by atoms with Crippen molar-refractivity contribution in [3.05, 3.63) is 42.5 Å². The Morgan fingerprint density at radius 1 is 0.771 bits per heavy atom. The molecule has 2 saturated heterocycles. The molecule has 0 bridgehead atoms. The third-order valence-electron chi connectivity index (χ3n) is 7.65. The predicted molar refractivity (Wildman–Crippen MR) is 154 cm³/mol. The zero-order valence-electron chi connectivity index (χ0n) is 24.7. The van der Waals surface area contributed by atoms with E-state index in [9.17, 15) is 55.5 Å². The normalized spacial score (nSPS) is 30.5. The monoisotopic (exact) mass is 681 g/mol. The van der Waals surface area contributed by atoms with Crippen LogP contribution in [0.25, 0.3) is 22.3 Å². The Kier molecular flexibility index (Phi) is 10.5. The Balaban J connectivity index is 1.47. The molecule has 0 unspecified atom stereocenters. The smallest absolute Gasteiger partial charge is 0.402 e. The lowest BCUT2D eigenvalue weighted by molar-refractivity contribution is -0.278. The van der Waals surface area contributed by atoms with Crippen molar-refractivity contribution in [3.63, 3.8) is 0 Å². The summed E-state index contributed by atoms with van der Waals surface area (Å²) < 4.78 is 33.3. The second-order valence-corrected chi connectivity index (χ2v) is 11.0. The highest BCUT2D eigenvalue weighted by atomic mass is 16.7. The number of aromatic hydroxyl groups is 2. The van der Waals surface area contributed by atoms with Gasteiger partial charge in [0.05, 0.1) is 18.2 Å². The number of aliphatic hydroxyl groups excluding tert-OH is 7. The number of carboxylic acid groups (broad SMARTS) is 1. The number of phenols is 2. The van der Waals surface area contributed by atoms with Crippen molar-refractivity contribution in [1.82, 2.24) is 0 Å². The van der Waals surface area contributed by atoms with Crippen LogP contribution in [-0.4, -0.2) is 138 Å². The minimum Gasteiger partial charge on any atom is -0.508 e. The largest absolute Gasteiger partial charge is 0.508 e. The van der Waals surface area contributed by atoms with Gasteiger partial charge in [0.15, 0.2) is 0 Å². The first-order valence-electron chi connectivity index (χ1n) is 14.4. The number of phenolic OH excluding ortho intramolecular Hbond substituents is 2. The molecule has 2 fully saturated rings. The molecule has 5 rings (SSSR count). The average molecular weight is 682 g/mol. The number of fused-ring (bicyclic) bond motifs is 1. The number of aliphatic carboxylic acids is 1. The van der Waals surface area contributed by atoms with Crippen LogP contribution in [-0.2, 0) is 23.8 Å². The number of rotatable bonds is 10. The zero-order valence-corrected chi connectivity index (χ0v) is 24.7. The quantitative estimate of drug-likeness (QED) is 0.0640. The van der Waals surface area contributed by atoms with Crippen molar-refractivity contribution in [2.75, 3.05) is 13.2 Å². The Bertz CT molecular complexity index is 1610. The molecule has 0 spiro atoms. The molecule has 3 aromatic rings. The van der Waals surface area contributed by atoms with Crippen LogP contribution in [0.2, 0.25) is 0 Å². The molecule has 3 heterocycles. The molecule has 48 heavy (non-hydrogen) atoms. The maximum absolute atomic E-state index is 11.7. The molecule has 10 atom stereocenters. The molecule has 0 saturated carbocycles. The van der Waals surface area contributed by atoms with Crippen molar-refractivity contribution >= 4 is 22.9 Å². The van der Waals surface area contributed by atoms with E-state index in [-0.39, 0.29) is 39.5 Å². The molecule has 260 valence electrons. The topological polar surface area (TPSA) is 294 Å². The lowest BCUT2D eigenvalue weighted by Gasteiger charge is -2.39. The number of aliphatic hydroxyl groups is 7. The van der Waals surface area contributed by atoms with E-state index in [1.54, 1.807) is 0 Å². The van der Waals surface area contributed by atoms with Crippen molar-refractivity contribution in [2.24, 2.45) is 0 Å². The second-order valence-electron chi connectivity index (χ2n) is 11.0. The van der Waals surface area contributed by atoms with E-state index in [1.807, 2.05) is 0 Å². The molecule has 1 aromatic heterocycles. The Labute approximate surface area is 269 Å². The summed E-state index contributed by atoms with van der Waals surface area (Å²) in [6.45, 7) is -1.41. The van der Waals surface area contributed by atoms with Gasteiger partial charge in [-0.3, -0.25) is 9.59 Å². The highest BCUT2D eigenvalue weighted by Crippen LogP contribution is 2.41. The molecule has 18 heteroatoms. The lowest BCUT2D eigenvalue weighted by Crippen LogP contribution is -2.60. The van der Waals surface area contributed by atoms with Crippen molar-refractivity contribution in [3.8, 4) is 34.3 Å². The Morgan fingerprint density at radius 3 is 2.00 bits per heavy atom. The van der Waals surface area contributed by atoms with E-state index in [0.717, 1.165) is 6.07 Å². The molecule has 2 aliphatic heterocycles. The highest BCUT2D eigenvalue weighted by molar-refractivity contribution is 5.90. The van der Waals surface area contributed by atoms with Gasteiger partial charge in [0.2, 0.25) is 18.3 Å². The van der Waals surface area contributed by atoms with Gasteiger partial charge in [-0.25, -0.2) is 4.42 Å². The third-order valence-corrected chi connectivity index (χ3v) is 7.65. The van der Waals surface area contributed by atoms with Crippen LogP contribution in [0, 0.1) is 0 Å². The number of carbonyl (C=O) groups is 2. The molecule has 0 radical (unpaired) electrons. The van der Waals surface area contributed by atoms with Crippen LogP contribution in [0.1, 0.15) is 6.42 Å². The van der Waals surface area contributed by atoms with E-state index < -0.39 is 98.7 Å². The maximum Gasteiger partial charge on any atom is 0.402 e. The number of carbonyl (C=O) groups excluding carboxylic acids is 1. The summed E-state index contributed by atoms with van der Waals surface area (Å²) in [5.74, 6) is -3.58. The predicted octanol–water partition coefficient (Wildman–Crippen LogP) is -1.82. The molecular weight excluding hydrogens is 648 g/mol. The first-order chi connectivity index (χ1) is 22.8. The molecule has 18 nitrogen and oxygen atoms in total. The van der Waals surface area contributed by atoms with Gasteiger partial charge in [0, 0.05) is 12.1 Å². The first kappa shape index (κ1) is 35.0. The Hall–Kier alpha value is -4.37. The minimum atomic E-state index is -1.88. The fourth-order valence-corrected chi connectivity index (χ4v) is 5.07. The lowest BCUT2D eigenvalue weighted by atomic mass is 9.99. The zero-order chi connectivity index (χ0) is 34.9. The number of ether oxygens (including phenoxy) is 5. The van der Waals surface area contributed by atoms with E-state index in [2.05, 4.69) is 0 Å². The molecule has 0 amide bonds. The molecular formula is C30H33O18+. The number of carboxylic acids is 1. The molecule has 2 aromatic carbocycles. The second kappa shape index (κ2) is 14.4. The first-order valence-corrected chi connectivity index (χ1v) is 14.4. The third kappa shape index (κ3) is 7.36. The summed E-state index contributed by atoms with van der Waals surface area (Å²) in [4.78, 5) is 22.5. The summed E-state index contributed by atoms with van der Waals surface area (Å²) >= 11 is 0. The molecule has 0 aliphatic carbocycles. The fourth-order valence-electron chi connectivity index (χ4n) is 5.07. The van der Waals surface area contributed by atoms with Gasteiger partial charge in [-0.1, -0.05) is 0 Å². The van der Waals surface area contributed by atoms with Crippen LogP contribution < -0.4 is 9.47 Å². The van der Waals surface area contributed by atoms with Gasteiger partial charge in [0.1, 0.15) is 84.5 Å². The maximum atomic E-state index is 11.7. The Morgan fingerprint density at radius 2 is 1.38 bits per heavy atom. The number of benzene rings is 2. The van der Waals surface area contributed by atoms with Crippen LogP contribution in [0.15, 0.2) is 46.9 Å². The number of hydrogen-bond donors (Lipinski definition) is 10.